The largest absolute Gasteiger partial charge is 0.349 e. The highest BCUT2D eigenvalue weighted by Crippen LogP contribution is 2.26. The van der Waals surface area contributed by atoms with E-state index in [1.54, 1.807) is 18.2 Å². The molecule has 0 aliphatic heterocycles. The van der Waals surface area contributed by atoms with Gasteiger partial charge >= 0.3 is 5.69 Å². The maximum Gasteiger partial charge on any atom is 0.349 e. The number of hydrogen-bond acceptors (Lipinski definition) is 5. The molecule has 0 unspecified atom stereocenters. The zero-order valence-corrected chi connectivity index (χ0v) is 13.2. The van der Waals surface area contributed by atoms with Gasteiger partial charge in [-0.25, -0.2) is 4.79 Å². The molecule has 0 bridgehead atoms. The molecular weight excluding hydrogens is 337 g/mol. The Hall–Kier alpha value is -2.57. The molecule has 0 saturated heterocycles. The minimum Gasteiger partial charge on any atom is -0.298 e. The number of nitrogens with zero attached hydrogens (tertiary/aromatic N) is 2. The first-order valence-corrected chi connectivity index (χ1v) is 7.38. The summed E-state index contributed by atoms with van der Waals surface area (Å²) in [7, 11) is 0. The Bertz CT molecular complexity index is 883. The average Bonchev–Trinajstić information content (AvgIpc) is 2.56. The molecule has 3 rings (SSSR count). The lowest BCUT2D eigenvalue weighted by molar-refractivity contribution is 0.994. The lowest BCUT2D eigenvalue weighted by Gasteiger charge is -2.09. The van der Waals surface area contributed by atoms with E-state index < -0.39 is 5.69 Å². The van der Waals surface area contributed by atoms with Gasteiger partial charge in [-0.1, -0.05) is 41.4 Å². The molecule has 6 nitrogen and oxygen atoms in total. The molecule has 0 spiro atoms. The van der Waals surface area contributed by atoms with E-state index in [4.69, 9.17) is 23.2 Å². The molecule has 0 fully saturated rings. The number of aromatic nitrogens is 3. The Balaban J connectivity index is 1.87. The van der Waals surface area contributed by atoms with Crippen LogP contribution < -0.4 is 16.5 Å². The van der Waals surface area contributed by atoms with Crippen molar-refractivity contribution in [1.82, 2.24) is 15.0 Å². The lowest BCUT2D eigenvalue weighted by Crippen LogP contribution is -2.19. The Kier molecular flexibility index (Phi) is 4.45. The van der Waals surface area contributed by atoms with Crippen molar-refractivity contribution in [2.75, 3.05) is 10.9 Å². The number of hydrogen-bond donors (Lipinski definition) is 3. The van der Waals surface area contributed by atoms with E-state index in [1.165, 1.54) is 0 Å². The smallest absolute Gasteiger partial charge is 0.298 e. The van der Waals surface area contributed by atoms with E-state index >= 15 is 0 Å². The predicted octanol–water partition coefficient (Wildman–Crippen LogP) is 3.58. The molecule has 23 heavy (non-hydrogen) atoms. The molecule has 0 atom stereocenters. The van der Waals surface area contributed by atoms with E-state index in [0.717, 1.165) is 5.69 Å². The summed E-state index contributed by atoms with van der Waals surface area (Å²) in [5.74, 6) is 0.472. The monoisotopic (exact) mass is 347 g/mol. The molecule has 116 valence electrons. The van der Waals surface area contributed by atoms with Crippen LogP contribution >= 0.6 is 23.2 Å². The third-order valence-corrected chi connectivity index (χ3v) is 3.67. The average molecular weight is 348 g/mol. The summed E-state index contributed by atoms with van der Waals surface area (Å²) in [5.41, 5.74) is 6.61. The van der Waals surface area contributed by atoms with Crippen molar-refractivity contribution in [3.63, 3.8) is 0 Å². The van der Waals surface area contributed by atoms with Crippen LogP contribution in [0.25, 0.3) is 11.4 Å². The number of para-hydroxylation sites is 1. The van der Waals surface area contributed by atoms with Gasteiger partial charge in [0.15, 0.2) is 0 Å². The highest BCUT2D eigenvalue weighted by Gasteiger charge is 2.07. The fourth-order valence-corrected chi connectivity index (χ4v) is 2.17. The third-order valence-electron chi connectivity index (χ3n) is 2.94. The molecule has 0 amide bonds. The van der Waals surface area contributed by atoms with Crippen molar-refractivity contribution < 1.29 is 0 Å². The second kappa shape index (κ2) is 6.68. The Morgan fingerprint density at radius 2 is 1.70 bits per heavy atom. The van der Waals surface area contributed by atoms with Gasteiger partial charge in [-0.3, -0.25) is 15.8 Å². The Labute approximate surface area is 141 Å². The second-order valence-corrected chi connectivity index (χ2v) is 5.39. The van der Waals surface area contributed by atoms with Crippen LogP contribution in [0.4, 0.5) is 11.6 Å². The molecule has 1 heterocycles. The van der Waals surface area contributed by atoms with Gasteiger partial charge in [0.05, 0.1) is 15.7 Å². The number of benzene rings is 2. The SMILES string of the molecule is O=c1nc(NNc2ccccc2)nc(-c2ccc(Cl)c(Cl)c2)[nH]1. The number of H-pyrrole nitrogens is 1. The first kappa shape index (κ1) is 15.3. The van der Waals surface area contributed by atoms with Crippen molar-refractivity contribution in [1.29, 1.82) is 0 Å². The number of aromatic amines is 1. The Morgan fingerprint density at radius 1 is 0.913 bits per heavy atom. The van der Waals surface area contributed by atoms with Crippen LogP contribution in [0.1, 0.15) is 0 Å². The van der Waals surface area contributed by atoms with Crippen molar-refractivity contribution in [3.05, 3.63) is 69.1 Å². The number of hydrazine groups is 1. The maximum absolute atomic E-state index is 11.7. The number of nitrogens with one attached hydrogen (secondary N) is 3. The first-order chi connectivity index (χ1) is 11.1. The zero-order chi connectivity index (χ0) is 16.2. The summed E-state index contributed by atoms with van der Waals surface area (Å²) in [6, 6.07) is 14.3. The minimum absolute atomic E-state index is 0.138. The van der Waals surface area contributed by atoms with Crippen LogP contribution in [0.2, 0.25) is 10.0 Å². The van der Waals surface area contributed by atoms with Gasteiger partial charge in [0.25, 0.3) is 0 Å². The van der Waals surface area contributed by atoms with Gasteiger partial charge in [-0.2, -0.15) is 9.97 Å². The summed E-state index contributed by atoms with van der Waals surface area (Å²) in [6.07, 6.45) is 0. The van der Waals surface area contributed by atoms with Gasteiger partial charge in [-0.05, 0) is 30.3 Å². The van der Waals surface area contributed by atoms with Crippen LogP contribution in [-0.4, -0.2) is 15.0 Å². The number of rotatable bonds is 4. The van der Waals surface area contributed by atoms with Crippen LogP contribution in [0, 0.1) is 0 Å². The topological polar surface area (TPSA) is 82.7 Å². The third kappa shape index (κ3) is 3.80. The van der Waals surface area contributed by atoms with Crippen LogP contribution in [-0.2, 0) is 0 Å². The van der Waals surface area contributed by atoms with Gasteiger partial charge in [0, 0.05) is 5.56 Å². The van der Waals surface area contributed by atoms with Crippen molar-refractivity contribution in [2.45, 2.75) is 0 Å². The lowest BCUT2D eigenvalue weighted by atomic mass is 10.2. The molecule has 2 aromatic carbocycles. The highest BCUT2D eigenvalue weighted by molar-refractivity contribution is 6.42. The quantitative estimate of drug-likeness (QED) is 0.628. The molecule has 0 aliphatic carbocycles. The molecule has 0 radical (unpaired) electrons. The fourth-order valence-electron chi connectivity index (χ4n) is 1.87. The minimum atomic E-state index is -0.529. The van der Waals surface area contributed by atoms with Crippen molar-refractivity contribution in [3.8, 4) is 11.4 Å². The van der Waals surface area contributed by atoms with E-state index in [-0.39, 0.29) is 5.95 Å². The Morgan fingerprint density at radius 3 is 2.43 bits per heavy atom. The maximum atomic E-state index is 11.7. The summed E-state index contributed by atoms with van der Waals surface area (Å²) < 4.78 is 0. The summed E-state index contributed by atoms with van der Waals surface area (Å²) in [6.45, 7) is 0. The van der Waals surface area contributed by atoms with E-state index in [0.29, 0.717) is 21.4 Å². The second-order valence-electron chi connectivity index (χ2n) is 4.57. The van der Waals surface area contributed by atoms with Gasteiger partial charge in [0.1, 0.15) is 5.82 Å². The molecule has 3 aromatic rings. The molecular formula is C15H11Cl2N5O. The predicted molar refractivity (Wildman–Crippen MR) is 91.8 cm³/mol. The van der Waals surface area contributed by atoms with Crippen molar-refractivity contribution >= 4 is 34.8 Å². The molecule has 0 aliphatic rings. The molecule has 8 heteroatoms. The number of anilines is 2. The highest BCUT2D eigenvalue weighted by atomic mass is 35.5. The number of halogens is 2. The summed E-state index contributed by atoms with van der Waals surface area (Å²) in [5, 5.41) is 0.802. The van der Waals surface area contributed by atoms with Gasteiger partial charge in [-0.15, -0.1) is 0 Å². The standard InChI is InChI=1S/C15H11Cl2N5O/c16-11-7-6-9(8-12(11)17)13-18-14(20-15(23)19-13)22-21-10-4-2-1-3-5-10/h1-8,21H,(H2,18,19,20,22,23). The molecule has 3 N–H and O–H groups in total. The molecule has 0 saturated carbocycles. The fraction of sp³-hybridized carbons (Fsp3) is 0. The first-order valence-electron chi connectivity index (χ1n) is 6.63. The van der Waals surface area contributed by atoms with E-state index in [9.17, 15) is 4.79 Å². The molecule has 1 aromatic heterocycles. The summed E-state index contributed by atoms with van der Waals surface area (Å²) in [4.78, 5) is 22.3. The van der Waals surface area contributed by atoms with Crippen LogP contribution in [0.15, 0.2) is 53.3 Å². The van der Waals surface area contributed by atoms with Gasteiger partial charge < -0.3 is 0 Å². The van der Waals surface area contributed by atoms with Gasteiger partial charge in [0.2, 0.25) is 5.95 Å². The van der Waals surface area contributed by atoms with Crippen molar-refractivity contribution in [2.24, 2.45) is 0 Å². The summed E-state index contributed by atoms with van der Waals surface area (Å²) >= 11 is 11.9. The van der Waals surface area contributed by atoms with Crippen LogP contribution in [0.5, 0.6) is 0 Å². The van der Waals surface area contributed by atoms with E-state index in [1.807, 2.05) is 30.3 Å². The zero-order valence-electron chi connectivity index (χ0n) is 11.7. The van der Waals surface area contributed by atoms with Crippen LogP contribution in [0.3, 0.4) is 0 Å². The van der Waals surface area contributed by atoms with E-state index in [2.05, 4.69) is 25.8 Å². The normalized spacial score (nSPS) is 10.3.